The van der Waals surface area contributed by atoms with Gasteiger partial charge in [-0.1, -0.05) is 72.8 Å². The second-order valence-electron chi connectivity index (χ2n) is 8.66. The van der Waals surface area contributed by atoms with Crippen molar-refractivity contribution in [3.05, 3.63) is 69.2 Å². The van der Waals surface area contributed by atoms with Crippen molar-refractivity contribution in [1.82, 2.24) is 10.2 Å². The van der Waals surface area contributed by atoms with Crippen LogP contribution in [0.25, 0.3) is 0 Å². The Morgan fingerprint density at radius 1 is 1.06 bits per heavy atom. The SMILES string of the molecule is Cc1ccccc1CN(C(=O)CSCc1c(Cl)cccc1Cl)[C@@H](C)C(=O)NC1CCCCC1. The van der Waals surface area contributed by atoms with E-state index in [1.807, 2.05) is 38.1 Å². The summed E-state index contributed by atoms with van der Waals surface area (Å²) >= 11 is 14.0. The smallest absolute Gasteiger partial charge is 0.242 e. The molecule has 0 spiro atoms. The number of thioether (sulfide) groups is 1. The molecule has 1 aliphatic carbocycles. The summed E-state index contributed by atoms with van der Waals surface area (Å²) in [6, 6.07) is 13.0. The lowest BCUT2D eigenvalue weighted by Crippen LogP contribution is -2.50. The molecule has 2 aromatic rings. The number of nitrogens with zero attached hydrogens (tertiary/aromatic N) is 1. The molecule has 1 aliphatic rings. The largest absolute Gasteiger partial charge is 0.352 e. The van der Waals surface area contributed by atoms with Gasteiger partial charge in [0.1, 0.15) is 6.04 Å². The van der Waals surface area contributed by atoms with Crippen LogP contribution in [0.1, 0.15) is 55.7 Å². The molecule has 4 nitrogen and oxygen atoms in total. The molecule has 0 unspecified atom stereocenters. The summed E-state index contributed by atoms with van der Waals surface area (Å²) in [6.07, 6.45) is 5.54. The summed E-state index contributed by atoms with van der Waals surface area (Å²) in [5.74, 6) is 0.625. The van der Waals surface area contributed by atoms with Crippen molar-refractivity contribution < 1.29 is 9.59 Å². The van der Waals surface area contributed by atoms with Crippen LogP contribution in [0.4, 0.5) is 0 Å². The summed E-state index contributed by atoms with van der Waals surface area (Å²) in [7, 11) is 0. The molecule has 7 heteroatoms. The van der Waals surface area contributed by atoms with Crippen molar-refractivity contribution in [3.8, 4) is 0 Å². The van der Waals surface area contributed by atoms with Crippen molar-refractivity contribution in [3.63, 3.8) is 0 Å². The zero-order chi connectivity index (χ0) is 23.8. The van der Waals surface area contributed by atoms with E-state index in [2.05, 4.69) is 5.32 Å². The van der Waals surface area contributed by atoms with Crippen molar-refractivity contribution >= 4 is 46.8 Å². The average Bonchev–Trinajstić information content (AvgIpc) is 2.80. The van der Waals surface area contributed by atoms with Gasteiger partial charge < -0.3 is 10.2 Å². The number of carbonyl (C=O) groups excluding carboxylic acids is 2. The third-order valence-corrected chi connectivity index (χ3v) is 7.91. The summed E-state index contributed by atoms with van der Waals surface area (Å²) in [4.78, 5) is 28.1. The fraction of sp³-hybridized carbons (Fsp3) is 0.462. The maximum atomic E-state index is 13.3. The number of carbonyl (C=O) groups is 2. The van der Waals surface area contributed by atoms with Crippen LogP contribution >= 0.6 is 35.0 Å². The molecule has 2 amide bonds. The number of hydrogen-bond donors (Lipinski definition) is 1. The van der Waals surface area contributed by atoms with Crippen LogP contribution in [0.3, 0.4) is 0 Å². The molecule has 2 aromatic carbocycles. The Hall–Kier alpha value is -1.69. The Morgan fingerprint density at radius 2 is 1.73 bits per heavy atom. The monoisotopic (exact) mass is 506 g/mol. The normalized spacial score (nSPS) is 15.2. The third-order valence-electron chi connectivity index (χ3n) is 6.25. The Bertz CT molecular complexity index is 943. The third kappa shape index (κ3) is 7.40. The highest BCUT2D eigenvalue weighted by Crippen LogP contribution is 2.28. The minimum Gasteiger partial charge on any atom is -0.352 e. The highest BCUT2D eigenvalue weighted by Gasteiger charge is 2.28. The van der Waals surface area contributed by atoms with Crippen LogP contribution in [0.2, 0.25) is 10.0 Å². The van der Waals surface area contributed by atoms with Crippen LogP contribution in [0, 0.1) is 6.92 Å². The number of hydrogen-bond acceptors (Lipinski definition) is 3. The molecule has 0 heterocycles. The predicted molar refractivity (Wildman–Crippen MR) is 139 cm³/mol. The Labute approximate surface area is 211 Å². The van der Waals surface area contributed by atoms with Crippen molar-refractivity contribution in [2.24, 2.45) is 0 Å². The van der Waals surface area contributed by atoms with Gasteiger partial charge in [-0.05, 0) is 55.5 Å². The van der Waals surface area contributed by atoms with Crippen LogP contribution in [-0.2, 0) is 21.9 Å². The van der Waals surface area contributed by atoms with Gasteiger partial charge in [-0.2, -0.15) is 0 Å². The number of aryl methyl sites for hydroxylation is 1. The fourth-order valence-corrected chi connectivity index (χ4v) is 5.76. The maximum absolute atomic E-state index is 13.3. The van der Waals surface area contributed by atoms with Gasteiger partial charge in [0.05, 0.1) is 5.75 Å². The Balaban J connectivity index is 1.69. The molecule has 0 radical (unpaired) electrons. The highest BCUT2D eigenvalue weighted by molar-refractivity contribution is 7.99. The molecule has 0 aliphatic heterocycles. The van der Waals surface area contributed by atoms with E-state index in [1.165, 1.54) is 18.2 Å². The molecule has 33 heavy (non-hydrogen) atoms. The highest BCUT2D eigenvalue weighted by atomic mass is 35.5. The molecule has 0 saturated heterocycles. The predicted octanol–water partition coefficient (Wildman–Crippen LogP) is 6.40. The number of rotatable bonds is 9. The lowest BCUT2D eigenvalue weighted by atomic mass is 9.95. The molecule has 1 fully saturated rings. The summed E-state index contributed by atoms with van der Waals surface area (Å²) in [5.41, 5.74) is 2.97. The number of amides is 2. The number of halogens is 2. The van der Waals surface area contributed by atoms with E-state index in [9.17, 15) is 9.59 Å². The van der Waals surface area contributed by atoms with Gasteiger partial charge in [0.25, 0.3) is 0 Å². The van der Waals surface area contributed by atoms with E-state index < -0.39 is 6.04 Å². The van der Waals surface area contributed by atoms with E-state index in [0.29, 0.717) is 22.3 Å². The molecule has 0 bridgehead atoms. The molecule has 178 valence electrons. The van der Waals surface area contributed by atoms with Gasteiger partial charge in [0.15, 0.2) is 0 Å². The average molecular weight is 508 g/mol. The first kappa shape index (κ1) is 25.9. The van der Waals surface area contributed by atoms with Gasteiger partial charge in [0.2, 0.25) is 11.8 Å². The Kier molecular flexibility index (Phi) is 9.96. The van der Waals surface area contributed by atoms with Gasteiger partial charge in [-0.15, -0.1) is 11.8 Å². The second-order valence-corrected chi connectivity index (χ2v) is 10.5. The van der Waals surface area contributed by atoms with E-state index in [-0.39, 0.29) is 23.6 Å². The van der Waals surface area contributed by atoms with Crippen molar-refractivity contribution in [1.29, 1.82) is 0 Å². The van der Waals surface area contributed by atoms with Crippen molar-refractivity contribution in [2.45, 2.75) is 70.3 Å². The minimum atomic E-state index is -0.552. The molecular weight excluding hydrogens is 475 g/mol. The van der Waals surface area contributed by atoms with Crippen LogP contribution < -0.4 is 5.32 Å². The Morgan fingerprint density at radius 3 is 2.39 bits per heavy atom. The van der Waals surface area contributed by atoms with E-state index in [4.69, 9.17) is 23.2 Å². The fourth-order valence-electron chi connectivity index (χ4n) is 4.12. The van der Waals surface area contributed by atoms with E-state index in [1.54, 1.807) is 23.1 Å². The van der Waals surface area contributed by atoms with Crippen LogP contribution in [-0.4, -0.2) is 34.6 Å². The van der Waals surface area contributed by atoms with Gasteiger partial charge in [-0.3, -0.25) is 9.59 Å². The van der Waals surface area contributed by atoms with Crippen LogP contribution in [0.15, 0.2) is 42.5 Å². The maximum Gasteiger partial charge on any atom is 0.242 e. The van der Waals surface area contributed by atoms with E-state index >= 15 is 0 Å². The standard InChI is InChI=1S/C26H32Cl2N2O2S/c1-18-9-6-7-10-20(18)15-30(19(2)26(32)29-21-11-4-3-5-12-21)25(31)17-33-16-22-23(27)13-8-14-24(22)28/h6-10,13-14,19,21H,3-5,11-12,15-17H2,1-2H3,(H,29,32)/t19-/m0/s1. The molecular formula is C26H32Cl2N2O2S. The lowest BCUT2D eigenvalue weighted by molar-refractivity contribution is -0.139. The number of nitrogens with one attached hydrogen (secondary N) is 1. The van der Waals surface area contributed by atoms with Crippen LogP contribution in [0.5, 0.6) is 0 Å². The summed E-state index contributed by atoms with van der Waals surface area (Å²) in [5, 5.41) is 4.37. The molecule has 1 atom stereocenters. The van der Waals surface area contributed by atoms with Gasteiger partial charge >= 0.3 is 0 Å². The second kappa shape index (κ2) is 12.7. The molecule has 1 saturated carbocycles. The zero-order valence-corrected chi connectivity index (χ0v) is 21.6. The number of benzene rings is 2. The van der Waals surface area contributed by atoms with Gasteiger partial charge in [0, 0.05) is 28.4 Å². The van der Waals surface area contributed by atoms with E-state index in [0.717, 1.165) is 42.4 Å². The molecule has 3 rings (SSSR count). The summed E-state index contributed by atoms with van der Waals surface area (Å²) in [6.45, 7) is 4.25. The lowest BCUT2D eigenvalue weighted by Gasteiger charge is -2.31. The van der Waals surface area contributed by atoms with Gasteiger partial charge in [-0.25, -0.2) is 0 Å². The first-order valence-corrected chi connectivity index (χ1v) is 13.4. The topological polar surface area (TPSA) is 49.4 Å². The summed E-state index contributed by atoms with van der Waals surface area (Å²) < 4.78 is 0. The molecule has 0 aromatic heterocycles. The van der Waals surface area contributed by atoms with Crippen molar-refractivity contribution in [2.75, 3.05) is 5.75 Å². The molecule has 1 N–H and O–H groups in total. The quantitative estimate of drug-likeness (QED) is 0.427. The zero-order valence-electron chi connectivity index (χ0n) is 19.3. The minimum absolute atomic E-state index is 0.0716. The first-order valence-electron chi connectivity index (χ1n) is 11.5. The first-order chi connectivity index (χ1) is 15.9.